The Morgan fingerprint density at radius 1 is 1.38 bits per heavy atom. The minimum absolute atomic E-state index is 0.199. The van der Waals surface area contributed by atoms with Crippen LogP contribution < -0.4 is 21.5 Å². The van der Waals surface area contributed by atoms with Crippen LogP contribution in [0.2, 0.25) is 5.02 Å². The van der Waals surface area contributed by atoms with Crippen LogP contribution in [0.15, 0.2) is 24.4 Å². The number of aryl methyl sites for hydroxylation is 1. The van der Waals surface area contributed by atoms with Crippen LogP contribution in [0.5, 0.6) is 5.75 Å². The number of nitrogens with one attached hydrogen (secondary N) is 1. The number of methoxy groups -OCH3 is 1. The van der Waals surface area contributed by atoms with E-state index < -0.39 is 5.91 Å². The third-order valence-corrected chi connectivity index (χ3v) is 3.32. The van der Waals surface area contributed by atoms with Gasteiger partial charge in [0, 0.05) is 11.1 Å². The molecule has 0 bridgehead atoms. The molecule has 1 heterocycles. The lowest BCUT2D eigenvalue weighted by molar-refractivity contribution is 0.100. The molecule has 1 aromatic heterocycles. The number of aromatic nitrogens is 1. The van der Waals surface area contributed by atoms with Gasteiger partial charge in [0.25, 0.3) is 5.91 Å². The molecule has 110 valence electrons. The molecule has 1 amide bonds. The average Bonchev–Trinajstić information content (AvgIpc) is 2.44. The van der Waals surface area contributed by atoms with E-state index in [9.17, 15) is 4.79 Å². The molecule has 6 nitrogen and oxygen atoms in total. The molecule has 0 atom stereocenters. The minimum atomic E-state index is -0.623. The van der Waals surface area contributed by atoms with Crippen molar-refractivity contribution in [1.82, 2.24) is 4.98 Å². The molecule has 2 rings (SSSR count). The van der Waals surface area contributed by atoms with E-state index in [1.807, 2.05) is 6.92 Å². The molecular formula is C14H15ClN4O2. The van der Waals surface area contributed by atoms with Crippen molar-refractivity contribution in [2.24, 2.45) is 5.73 Å². The number of anilines is 3. The Balaban J connectivity index is 2.47. The van der Waals surface area contributed by atoms with Crippen LogP contribution in [0.3, 0.4) is 0 Å². The molecule has 7 heteroatoms. The van der Waals surface area contributed by atoms with Crippen LogP contribution in [-0.4, -0.2) is 18.0 Å². The van der Waals surface area contributed by atoms with Gasteiger partial charge in [-0.05, 0) is 24.6 Å². The van der Waals surface area contributed by atoms with Crippen LogP contribution >= 0.6 is 11.6 Å². The first-order chi connectivity index (χ1) is 9.92. The molecule has 5 N–H and O–H groups in total. The number of amides is 1. The summed E-state index contributed by atoms with van der Waals surface area (Å²) in [5.41, 5.74) is 13.0. The van der Waals surface area contributed by atoms with Gasteiger partial charge in [-0.15, -0.1) is 0 Å². The van der Waals surface area contributed by atoms with E-state index in [1.54, 1.807) is 12.1 Å². The predicted molar refractivity (Wildman–Crippen MR) is 83.2 cm³/mol. The quantitative estimate of drug-likeness (QED) is 0.805. The Bertz CT molecular complexity index is 704. The topological polar surface area (TPSA) is 103 Å². The van der Waals surface area contributed by atoms with Gasteiger partial charge in [-0.3, -0.25) is 4.79 Å². The van der Waals surface area contributed by atoms with E-state index in [2.05, 4.69) is 10.3 Å². The van der Waals surface area contributed by atoms with Gasteiger partial charge in [-0.25, -0.2) is 4.98 Å². The first kappa shape index (κ1) is 14.9. The number of halogens is 1. The van der Waals surface area contributed by atoms with Gasteiger partial charge in [0.15, 0.2) is 0 Å². The van der Waals surface area contributed by atoms with E-state index >= 15 is 0 Å². The second kappa shape index (κ2) is 5.88. The van der Waals surface area contributed by atoms with Gasteiger partial charge in [-0.1, -0.05) is 11.6 Å². The van der Waals surface area contributed by atoms with Crippen LogP contribution in [0.1, 0.15) is 15.9 Å². The lowest BCUT2D eigenvalue weighted by Gasteiger charge is -2.14. The maximum atomic E-state index is 11.5. The predicted octanol–water partition coefficient (Wildman–Crippen LogP) is 2.48. The van der Waals surface area contributed by atoms with Crippen molar-refractivity contribution >= 4 is 34.7 Å². The number of pyridine rings is 1. The number of benzene rings is 1. The minimum Gasteiger partial charge on any atom is -0.495 e. The summed E-state index contributed by atoms with van der Waals surface area (Å²) >= 11 is 6.06. The fourth-order valence-corrected chi connectivity index (χ4v) is 1.98. The van der Waals surface area contributed by atoms with Gasteiger partial charge in [-0.2, -0.15) is 0 Å². The second-order valence-corrected chi connectivity index (χ2v) is 4.86. The summed E-state index contributed by atoms with van der Waals surface area (Å²) in [6.07, 6.45) is 1.43. The number of nitrogens with zero attached hydrogens (tertiary/aromatic N) is 1. The Morgan fingerprint density at radius 3 is 2.71 bits per heavy atom. The van der Waals surface area contributed by atoms with Crippen LogP contribution in [-0.2, 0) is 0 Å². The van der Waals surface area contributed by atoms with Crippen molar-refractivity contribution in [3.63, 3.8) is 0 Å². The molecule has 0 saturated heterocycles. The van der Waals surface area contributed by atoms with Crippen LogP contribution in [0, 0.1) is 6.92 Å². The highest BCUT2D eigenvalue weighted by Gasteiger charge is 2.13. The molecule has 2 aromatic rings. The molecule has 0 aliphatic rings. The summed E-state index contributed by atoms with van der Waals surface area (Å²) < 4.78 is 5.26. The summed E-state index contributed by atoms with van der Waals surface area (Å²) in [6, 6.07) is 4.94. The zero-order valence-electron chi connectivity index (χ0n) is 11.6. The van der Waals surface area contributed by atoms with Crippen LogP contribution in [0.4, 0.5) is 17.2 Å². The highest BCUT2D eigenvalue weighted by Crippen LogP contribution is 2.33. The summed E-state index contributed by atoms with van der Waals surface area (Å²) in [5.74, 6) is 0.207. The largest absolute Gasteiger partial charge is 0.495 e. The van der Waals surface area contributed by atoms with E-state index in [-0.39, 0.29) is 5.56 Å². The second-order valence-electron chi connectivity index (χ2n) is 4.46. The monoisotopic (exact) mass is 306 g/mol. The van der Waals surface area contributed by atoms with E-state index in [0.717, 1.165) is 5.56 Å². The Morgan fingerprint density at radius 2 is 2.10 bits per heavy atom. The molecule has 0 unspecified atom stereocenters. The zero-order chi connectivity index (χ0) is 15.6. The number of nitrogen functional groups attached to an aromatic ring is 1. The fourth-order valence-electron chi connectivity index (χ4n) is 1.83. The highest BCUT2D eigenvalue weighted by molar-refractivity contribution is 6.31. The molecule has 0 radical (unpaired) electrons. The van der Waals surface area contributed by atoms with Crippen molar-refractivity contribution in [3.8, 4) is 5.75 Å². The van der Waals surface area contributed by atoms with Gasteiger partial charge in [0.2, 0.25) is 0 Å². The SMILES string of the molecule is COc1cc(Cl)c(C)cc1Nc1ncc(N)cc1C(N)=O. The van der Waals surface area contributed by atoms with Crippen molar-refractivity contribution in [1.29, 1.82) is 0 Å². The molecule has 0 fully saturated rings. The Labute approximate surface area is 127 Å². The lowest BCUT2D eigenvalue weighted by Crippen LogP contribution is -2.15. The molecule has 0 spiro atoms. The standard InChI is InChI=1S/C14H15ClN4O2/c1-7-3-11(12(21-2)5-10(7)15)19-14-9(13(17)20)4-8(16)6-18-14/h3-6H,16H2,1-2H3,(H2,17,20)(H,18,19). The molecule has 1 aromatic carbocycles. The first-order valence-electron chi connectivity index (χ1n) is 6.09. The molecular weight excluding hydrogens is 292 g/mol. The third-order valence-electron chi connectivity index (χ3n) is 2.91. The molecule has 0 saturated carbocycles. The van der Waals surface area contributed by atoms with Crippen LogP contribution in [0.25, 0.3) is 0 Å². The van der Waals surface area contributed by atoms with Gasteiger partial charge in [0.05, 0.1) is 30.2 Å². The number of ether oxygens (including phenoxy) is 1. The van der Waals surface area contributed by atoms with E-state index in [1.165, 1.54) is 19.4 Å². The van der Waals surface area contributed by atoms with Crippen molar-refractivity contribution < 1.29 is 9.53 Å². The smallest absolute Gasteiger partial charge is 0.252 e. The zero-order valence-corrected chi connectivity index (χ0v) is 12.4. The molecule has 21 heavy (non-hydrogen) atoms. The summed E-state index contributed by atoms with van der Waals surface area (Å²) in [6.45, 7) is 1.86. The van der Waals surface area contributed by atoms with Crippen molar-refractivity contribution in [2.75, 3.05) is 18.2 Å². The number of carbonyl (C=O) groups is 1. The number of rotatable bonds is 4. The summed E-state index contributed by atoms with van der Waals surface area (Å²) in [4.78, 5) is 15.6. The molecule has 0 aliphatic carbocycles. The lowest BCUT2D eigenvalue weighted by atomic mass is 10.2. The number of carbonyl (C=O) groups excluding carboxylic acids is 1. The third kappa shape index (κ3) is 3.17. The van der Waals surface area contributed by atoms with Gasteiger partial charge < -0.3 is 21.5 Å². The maximum Gasteiger partial charge on any atom is 0.252 e. The fraction of sp³-hybridized carbons (Fsp3) is 0.143. The number of nitrogens with two attached hydrogens (primary N) is 2. The number of hydrogen-bond donors (Lipinski definition) is 3. The summed E-state index contributed by atoms with van der Waals surface area (Å²) in [5, 5.41) is 3.60. The van der Waals surface area contributed by atoms with Crippen molar-refractivity contribution in [3.05, 3.63) is 40.5 Å². The first-order valence-corrected chi connectivity index (χ1v) is 6.46. The Hall–Kier alpha value is -2.47. The number of primary amides is 1. The highest BCUT2D eigenvalue weighted by atomic mass is 35.5. The normalized spacial score (nSPS) is 10.2. The average molecular weight is 307 g/mol. The van der Waals surface area contributed by atoms with Gasteiger partial charge in [0.1, 0.15) is 11.6 Å². The van der Waals surface area contributed by atoms with E-state index in [0.29, 0.717) is 28.0 Å². The van der Waals surface area contributed by atoms with Crippen molar-refractivity contribution in [2.45, 2.75) is 6.92 Å². The molecule has 0 aliphatic heterocycles. The van der Waals surface area contributed by atoms with Gasteiger partial charge >= 0.3 is 0 Å². The summed E-state index contributed by atoms with van der Waals surface area (Å²) in [7, 11) is 1.53. The number of hydrogen-bond acceptors (Lipinski definition) is 5. The maximum absolute atomic E-state index is 11.5. The van der Waals surface area contributed by atoms with E-state index in [4.69, 9.17) is 27.8 Å². The Kier molecular flexibility index (Phi) is 4.18.